The number of hydrogen-bond acceptors (Lipinski definition) is 5. The summed E-state index contributed by atoms with van der Waals surface area (Å²) in [6.45, 7) is 4.10. The van der Waals surface area contributed by atoms with E-state index < -0.39 is 5.97 Å². The fourth-order valence-corrected chi connectivity index (χ4v) is 4.80. The van der Waals surface area contributed by atoms with Crippen molar-refractivity contribution in [1.29, 1.82) is 0 Å². The topological polar surface area (TPSA) is 73.2 Å². The van der Waals surface area contributed by atoms with Crippen LogP contribution in [0.5, 0.6) is 0 Å². The van der Waals surface area contributed by atoms with E-state index in [0.717, 1.165) is 23.4 Å². The standard InChI is InChI=1S/C24H27N3O3S/c1-16-8-6-11-20(17(16)2)25-22(28)15-30-24(29)19-14-27(18-9-4-3-5-10-18)26-23(19)21-12-7-13-31-21/h3-5,7,9-10,12-14,16-17,20H,6,8,11,15H2,1-2H3,(H,25,28)/t16-,17-,20-/m1/s1. The molecule has 0 aliphatic heterocycles. The summed E-state index contributed by atoms with van der Waals surface area (Å²) < 4.78 is 7.05. The van der Waals surface area contributed by atoms with E-state index in [4.69, 9.17) is 4.74 Å². The number of carbonyl (C=O) groups is 2. The number of carbonyl (C=O) groups excluding carboxylic acids is 2. The van der Waals surface area contributed by atoms with Crippen molar-refractivity contribution in [2.45, 2.75) is 39.2 Å². The molecular weight excluding hydrogens is 410 g/mol. The molecule has 3 aromatic rings. The lowest BCUT2D eigenvalue weighted by molar-refractivity contribution is -0.125. The van der Waals surface area contributed by atoms with Crippen LogP contribution in [0.15, 0.2) is 54.0 Å². The molecule has 0 spiro atoms. The van der Waals surface area contributed by atoms with Crippen molar-refractivity contribution in [3.8, 4) is 16.3 Å². The molecule has 0 bridgehead atoms. The molecule has 4 rings (SSSR count). The zero-order chi connectivity index (χ0) is 21.8. The van der Waals surface area contributed by atoms with Gasteiger partial charge >= 0.3 is 5.97 Å². The van der Waals surface area contributed by atoms with Gasteiger partial charge < -0.3 is 10.1 Å². The van der Waals surface area contributed by atoms with Gasteiger partial charge in [-0.15, -0.1) is 11.3 Å². The molecule has 7 heteroatoms. The molecule has 1 aliphatic carbocycles. The average Bonchev–Trinajstić information content (AvgIpc) is 3.46. The Morgan fingerprint density at radius 2 is 1.97 bits per heavy atom. The van der Waals surface area contributed by atoms with Crippen LogP contribution < -0.4 is 5.32 Å². The van der Waals surface area contributed by atoms with E-state index in [-0.39, 0.29) is 18.6 Å². The molecule has 0 unspecified atom stereocenters. The summed E-state index contributed by atoms with van der Waals surface area (Å²) in [6, 6.07) is 13.6. The van der Waals surface area contributed by atoms with Crippen LogP contribution in [0.4, 0.5) is 0 Å². The van der Waals surface area contributed by atoms with Gasteiger partial charge in [-0.05, 0) is 41.8 Å². The van der Waals surface area contributed by atoms with Crippen LogP contribution >= 0.6 is 11.3 Å². The summed E-state index contributed by atoms with van der Waals surface area (Å²) in [5.41, 5.74) is 1.75. The Hall–Kier alpha value is -2.93. The first kappa shape index (κ1) is 21.3. The minimum atomic E-state index is -0.550. The Labute approximate surface area is 186 Å². The van der Waals surface area contributed by atoms with E-state index >= 15 is 0 Å². The summed E-state index contributed by atoms with van der Waals surface area (Å²) in [5.74, 6) is 0.194. The van der Waals surface area contributed by atoms with Crippen LogP contribution in [0.2, 0.25) is 0 Å². The van der Waals surface area contributed by atoms with Crippen molar-refractivity contribution in [3.05, 3.63) is 59.6 Å². The highest BCUT2D eigenvalue weighted by molar-refractivity contribution is 7.13. The van der Waals surface area contributed by atoms with Gasteiger partial charge in [-0.2, -0.15) is 5.10 Å². The Morgan fingerprint density at radius 3 is 2.71 bits per heavy atom. The predicted molar refractivity (Wildman–Crippen MR) is 121 cm³/mol. The second-order valence-electron chi connectivity index (χ2n) is 8.17. The van der Waals surface area contributed by atoms with Gasteiger partial charge in [-0.1, -0.05) is 51.0 Å². The SMILES string of the molecule is C[C@@H]1[C@H](C)CCC[C@H]1NC(=O)COC(=O)c1cn(-c2ccccc2)nc1-c1cccs1. The predicted octanol–water partition coefficient (Wildman–Crippen LogP) is 4.70. The van der Waals surface area contributed by atoms with Gasteiger partial charge in [0.25, 0.3) is 5.91 Å². The number of nitrogens with one attached hydrogen (secondary N) is 1. The minimum absolute atomic E-state index is 0.137. The van der Waals surface area contributed by atoms with Crippen molar-refractivity contribution in [2.75, 3.05) is 6.61 Å². The number of hydrogen-bond donors (Lipinski definition) is 1. The van der Waals surface area contributed by atoms with E-state index in [9.17, 15) is 9.59 Å². The smallest absolute Gasteiger partial charge is 0.342 e. The quantitative estimate of drug-likeness (QED) is 0.568. The Bertz CT molecular complexity index is 1030. The molecule has 1 aromatic carbocycles. The highest BCUT2D eigenvalue weighted by Gasteiger charge is 2.28. The lowest BCUT2D eigenvalue weighted by Gasteiger charge is -2.34. The highest BCUT2D eigenvalue weighted by atomic mass is 32.1. The number of benzene rings is 1. The van der Waals surface area contributed by atoms with E-state index in [1.807, 2.05) is 47.8 Å². The van der Waals surface area contributed by atoms with Crippen LogP contribution in [-0.4, -0.2) is 34.3 Å². The molecule has 1 fully saturated rings. The molecule has 0 radical (unpaired) electrons. The molecule has 1 amide bonds. The maximum Gasteiger partial charge on any atom is 0.342 e. The molecular formula is C24H27N3O3S. The first-order valence-corrected chi connectivity index (χ1v) is 11.6. The van der Waals surface area contributed by atoms with Crippen LogP contribution in [-0.2, 0) is 9.53 Å². The van der Waals surface area contributed by atoms with E-state index in [2.05, 4.69) is 24.3 Å². The molecule has 1 N–H and O–H groups in total. The van der Waals surface area contributed by atoms with E-state index in [1.54, 1.807) is 10.9 Å². The summed E-state index contributed by atoms with van der Waals surface area (Å²) in [5, 5.41) is 9.59. The van der Waals surface area contributed by atoms with Gasteiger partial charge in [-0.3, -0.25) is 4.79 Å². The summed E-state index contributed by atoms with van der Waals surface area (Å²) in [7, 11) is 0. The monoisotopic (exact) mass is 437 g/mol. The highest BCUT2D eigenvalue weighted by Crippen LogP contribution is 2.30. The first-order chi connectivity index (χ1) is 15.0. The van der Waals surface area contributed by atoms with E-state index in [1.165, 1.54) is 17.8 Å². The summed E-state index contributed by atoms with van der Waals surface area (Å²) in [6.07, 6.45) is 4.94. The second kappa shape index (κ2) is 9.47. The Balaban J connectivity index is 1.46. The lowest BCUT2D eigenvalue weighted by atomic mass is 9.78. The van der Waals surface area contributed by atoms with Crippen molar-refractivity contribution in [1.82, 2.24) is 15.1 Å². The zero-order valence-electron chi connectivity index (χ0n) is 17.8. The number of esters is 1. The Morgan fingerprint density at radius 1 is 1.16 bits per heavy atom. The molecule has 6 nitrogen and oxygen atoms in total. The third-order valence-electron chi connectivity index (χ3n) is 6.10. The fourth-order valence-electron chi connectivity index (χ4n) is 4.07. The number of ether oxygens (including phenoxy) is 1. The van der Waals surface area contributed by atoms with Crippen molar-refractivity contribution < 1.29 is 14.3 Å². The molecule has 3 atom stereocenters. The van der Waals surface area contributed by atoms with Gasteiger partial charge in [0.05, 0.1) is 10.6 Å². The van der Waals surface area contributed by atoms with Crippen molar-refractivity contribution in [2.24, 2.45) is 11.8 Å². The molecule has 0 saturated heterocycles. The maximum absolute atomic E-state index is 12.9. The van der Waals surface area contributed by atoms with Gasteiger partial charge in [0.2, 0.25) is 0 Å². The molecule has 1 saturated carbocycles. The van der Waals surface area contributed by atoms with Crippen LogP contribution in [0, 0.1) is 11.8 Å². The third kappa shape index (κ3) is 4.88. The van der Waals surface area contributed by atoms with Crippen LogP contribution in [0.25, 0.3) is 16.3 Å². The summed E-state index contributed by atoms with van der Waals surface area (Å²) >= 11 is 1.50. The third-order valence-corrected chi connectivity index (χ3v) is 6.97. The molecule has 1 aliphatic rings. The van der Waals surface area contributed by atoms with Crippen molar-refractivity contribution in [3.63, 3.8) is 0 Å². The largest absolute Gasteiger partial charge is 0.452 e. The molecule has 162 valence electrons. The maximum atomic E-state index is 12.9. The van der Waals surface area contributed by atoms with Crippen LogP contribution in [0.3, 0.4) is 0 Å². The molecule has 31 heavy (non-hydrogen) atoms. The summed E-state index contributed by atoms with van der Waals surface area (Å²) in [4.78, 5) is 26.2. The van der Waals surface area contributed by atoms with Crippen molar-refractivity contribution >= 4 is 23.2 Å². The number of aromatic nitrogens is 2. The van der Waals surface area contributed by atoms with Gasteiger partial charge in [0.1, 0.15) is 11.3 Å². The minimum Gasteiger partial charge on any atom is -0.452 e. The number of para-hydroxylation sites is 1. The molecule has 2 heterocycles. The zero-order valence-corrected chi connectivity index (χ0v) is 18.6. The first-order valence-electron chi connectivity index (χ1n) is 10.7. The van der Waals surface area contributed by atoms with Crippen LogP contribution in [0.1, 0.15) is 43.5 Å². The van der Waals surface area contributed by atoms with Gasteiger partial charge in [0, 0.05) is 12.2 Å². The average molecular weight is 438 g/mol. The number of amides is 1. The second-order valence-corrected chi connectivity index (χ2v) is 9.11. The molecule has 2 aromatic heterocycles. The normalized spacial score (nSPS) is 20.9. The number of thiophene rings is 1. The number of rotatable bonds is 6. The van der Waals surface area contributed by atoms with Gasteiger partial charge in [-0.25, -0.2) is 9.48 Å². The lowest BCUT2D eigenvalue weighted by Crippen LogP contribution is -2.45. The van der Waals surface area contributed by atoms with E-state index in [0.29, 0.717) is 23.1 Å². The Kier molecular flexibility index (Phi) is 6.51. The number of nitrogens with zero attached hydrogens (tertiary/aromatic N) is 2. The fraction of sp³-hybridized carbons (Fsp3) is 0.375. The van der Waals surface area contributed by atoms with Gasteiger partial charge in [0.15, 0.2) is 6.61 Å².